The molecular weight excluding hydrogens is 503 g/mol. The molecule has 1 aromatic carbocycles. The van der Waals surface area contributed by atoms with Gasteiger partial charge in [-0.25, -0.2) is 32.3 Å². The van der Waals surface area contributed by atoms with Gasteiger partial charge in [-0.1, -0.05) is 12.1 Å². The molecule has 0 radical (unpaired) electrons. The number of hydrogen-bond donors (Lipinski definition) is 2. The molecule has 0 unspecified atom stereocenters. The third kappa shape index (κ3) is 5.08. The summed E-state index contributed by atoms with van der Waals surface area (Å²) in [5.41, 5.74) is -2.18. The normalized spacial score (nSPS) is 15.1. The molecule has 4 aromatic rings. The Labute approximate surface area is 213 Å². The summed E-state index contributed by atoms with van der Waals surface area (Å²) in [7, 11) is 0. The van der Waals surface area contributed by atoms with E-state index in [9.17, 15) is 27.6 Å². The van der Waals surface area contributed by atoms with Crippen molar-refractivity contribution in [3.63, 3.8) is 0 Å². The van der Waals surface area contributed by atoms with Gasteiger partial charge in [0.15, 0.2) is 17.5 Å². The van der Waals surface area contributed by atoms with Crippen molar-refractivity contribution in [3.05, 3.63) is 115 Å². The smallest absolute Gasteiger partial charge is 0.354 e. The number of aromatic amines is 1. The largest absolute Gasteiger partial charge is 0.355 e. The number of H-pyrrole nitrogens is 1. The van der Waals surface area contributed by atoms with Crippen LogP contribution in [0.1, 0.15) is 17.5 Å². The summed E-state index contributed by atoms with van der Waals surface area (Å²) < 4.78 is 43.1. The molecule has 0 bridgehead atoms. The molecule has 13 heteroatoms. The predicted molar refractivity (Wildman–Crippen MR) is 133 cm³/mol. The van der Waals surface area contributed by atoms with Crippen molar-refractivity contribution in [2.45, 2.75) is 25.6 Å². The minimum absolute atomic E-state index is 0.0577. The summed E-state index contributed by atoms with van der Waals surface area (Å²) in [5.74, 6) is -3.81. The van der Waals surface area contributed by atoms with Gasteiger partial charge in [-0.3, -0.25) is 9.36 Å². The number of benzene rings is 1. The minimum atomic E-state index is -1.63. The van der Waals surface area contributed by atoms with E-state index in [4.69, 9.17) is 0 Å². The zero-order chi connectivity index (χ0) is 26.8. The Hall–Kier alpha value is -4.68. The Morgan fingerprint density at radius 2 is 1.79 bits per heavy atom. The lowest BCUT2D eigenvalue weighted by atomic mass is 10.2. The van der Waals surface area contributed by atoms with Gasteiger partial charge in [-0.15, -0.1) is 0 Å². The fourth-order valence-corrected chi connectivity index (χ4v) is 4.36. The highest BCUT2D eigenvalue weighted by Gasteiger charge is 2.26. The zero-order valence-corrected chi connectivity index (χ0v) is 19.9. The molecule has 1 saturated heterocycles. The highest BCUT2D eigenvalue weighted by atomic mass is 19.2. The maximum Gasteiger partial charge on any atom is 0.355 e. The first-order valence-corrected chi connectivity index (χ1v) is 11.7. The number of halogens is 3. The Morgan fingerprint density at radius 1 is 1.00 bits per heavy atom. The molecule has 10 nitrogen and oxygen atoms in total. The van der Waals surface area contributed by atoms with E-state index >= 15 is 0 Å². The molecule has 3 aromatic heterocycles. The van der Waals surface area contributed by atoms with Crippen LogP contribution in [0.3, 0.4) is 0 Å². The number of anilines is 2. The van der Waals surface area contributed by atoms with Gasteiger partial charge in [0, 0.05) is 37.1 Å². The Balaban J connectivity index is 1.52. The first-order valence-electron chi connectivity index (χ1n) is 11.7. The van der Waals surface area contributed by atoms with Gasteiger partial charge in [-0.2, -0.15) is 4.98 Å². The predicted octanol–water partition coefficient (Wildman–Crippen LogP) is 1.69. The van der Waals surface area contributed by atoms with Crippen LogP contribution in [0.4, 0.5) is 24.9 Å². The van der Waals surface area contributed by atoms with Crippen molar-refractivity contribution in [3.8, 4) is 0 Å². The number of aromatic nitrogens is 5. The first kappa shape index (κ1) is 25.0. The van der Waals surface area contributed by atoms with Crippen molar-refractivity contribution >= 4 is 11.8 Å². The standard InChI is InChI=1S/C25H22F3N7O3/c26-18-10-15(11-19(27)21(18)28)12-34-23(31-17-6-9-33(14-17)20-5-1-2-7-29-20)32-24(37)35(25(34)38)13-16-4-3-8-30-22(16)36/h1-5,7-8,10-11,17H,6,9,12-14H2,(H,30,36)(H,31,32,37)/t17-/m1/s1. The monoisotopic (exact) mass is 525 g/mol. The quantitative estimate of drug-likeness (QED) is 0.353. The highest BCUT2D eigenvalue weighted by Crippen LogP contribution is 2.20. The molecule has 0 saturated carbocycles. The van der Waals surface area contributed by atoms with Crippen molar-refractivity contribution in [2.24, 2.45) is 0 Å². The second-order valence-electron chi connectivity index (χ2n) is 8.83. The Kier molecular flexibility index (Phi) is 6.81. The lowest BCUT2D eigenvalue weighted by Gasteiger charge is -2.20. The third-order valence-electron chi connectivity index (χ3n) is 6.26. The van der Waals surface area contributed by atoms with Crippen molar-refractivity contribution in [1.29, 1.82) is 0 Å². The molecule has 0 spiro atoms. The fourth-order valence-electron chi connectivity index (χ4n) is 4.36. The zero-order valence-electron chi connectivity index (χ0n) is 19.9. The molecule has 0 amide bonds. The summed E-state index contributed by atoms with van der Waals surface area (Å²) in [6.45, 7) is 0.366. The maximum absolute atomic E-state index is 13.9. The molecular formula is C25H22F3N7O3. The number of hydrogen-bond acceptors (Lipinski definition) is 7. The molecule has 1 aliphatic rings. The molecule has 1 fully saturated rings. The first-order chi connectivity index (χ1) is 18.3. The number of nitrogens with zero attached hydrogens (tertiary/aromatic N) is 5. The third-order valence-corrected chi connectivity index (χ3v) is 6.26. The minimum Gasteiger partial charge on any atom is -0.354 e. The van der Waals surface area contributed by atoms with E-state index in [1.54, 1.807) is 18.3 Å². The van der Waals surface area contributed by atoms with E-state index in [1.807, 2.05) is 17.0 Å². The molecule has 4 heterocycles. The lowest BCUT2D eigenvalue weighted by molar-refractivity contribution is 0.444. The topological polar surface area (TPSA) is 118 Å². The van der Waals surface area contributed by atoms with Gasteiger partial charge in [0.1, 0.15) is 5.82 Å². The SMILES string of the molecule is O=c1[nH]cccc1Cn1c(=O)nc(N[C@@H]2CCN(c3ccccn3)C2)n(Cc2cc(F)c(F)c(F)c2)c1=O. The summed E-state index contributed by atoms with van der Waals surface area (Å²) in [4.78, 5) is 51.4. The van der Waals surface area contributed by atoms with Crippen LogP contribution < -0.4 is 27.2 Å². The number of rotatable bonds is 7. The van der Waals surface area contributed by atoms with Crippen LogP contribution in [-0.4, -0.2) is 43.2 Å². The van der Waals surface area contributed by atoms with Crippen LogP contribution in [0.25, 0.3) is 0 Å². The fraction of sp³-hybridized carbons (Fsp3) is 0.240. The molecule has 38 heavy (non-hydrogen) atoms. The van der Waals surface area contributed by atoms with Crippen LogP contribution in [-0.2, 0) is 13.1 Å². The molecule has 2 N–H and O–H groups in total. The van der Waals surface area contributed by atoms with Crippen LogP contribution in [0.15, 0.2) is 69.2 Å². The van der Waals surface area contributed by atoms with E-state index < -0.39 is 40.9 Å². The summed E-state index contributed by atoms with van der Waals surface area (Å²) in [6, 6.07) is 9.83. The van der Waals surface area contributed by atoms with Crippen LogP contribution in [0.5, 0.6) is 0 Å². The summed E-state index contributed by atoms with van der Waals surface area (Å²) in [5, 5.41) is 3.09. The van der Waals surface area contributed by atoms with Crippen molar-refractivity contribution in [1.82, 2.24) is 24.1 Å². The molecule has 0 aliphatic carbocycles. The number of nitrogens with one attached hydrogen (secondary N) is 2. The van der Waals surface area contributed by atoms with Gasteiger partial charge in [-0.05, 0) is 42.3 Å². The van der Waals surface area contributed by atoms with Gasteiger partial charge in [0.25, 0.3) is 5.56 Å². The van der Waals surface area contributed by atoms with Gasteiger partial charge in [0.05, 0.1) is 13.1 Å². The Morgan fingerprint density at radius 3 is 2.50 bits per heavy atom. The van der Waals surface area contributed by atoms with Crippen LogP contribution in [0, 0.1) is 17.5 Å². The van der Waals surface area contributed by atoms with Crippen LogP contribution in [0.2, 0.25) is 0 Å². The van der Waals surface area contributed by atoms with E-state index in [0.29, 0.717) is 19.5 Å². The summed E-state index contributed by atoms with van der Waals surface area (Å²) in [6.07, 6.45) is 3.72. The molecule has 196 valence electrons. The Bertz CT molecular complexity index is 1630. The lowest BCUT2D eigenvalue weighted by Crippen LogP contribution is -2.44. The van der Waals surface area contributed by atoms with Crippen molar-refractivity contribution < 1.29 is 13.2 Å². The average molecular weight is 525 g/mol. The average Bonchev–Trinajstić information content (AvgIpc) is 3.37. The second kappa shape index (κ2) is 10.4. The van der Waals surface area contributed by atoms with Crippen molar-refractivity contribution in [2.75, 3.05) is 23.3 Å². The maximum atomic E-state index is 13.9. The van der Waals surface area contributed by atoms with E-state index in [2.05, 4.69) is 20.3 Å². The van der Waals surface area contributed by atoms with E-state index in [0.717, 1.165) is 27.1 Å². The van der Waals surface area contributed by atoms with Gasteiger partial charge < -0.3 is 15.2 Å². The molecule has 1 atom stereocenters. The molecule has 1 aliphatic heterocycles. The highest BCUT2D eigenvalue weighted by molar-refractivity contribution is 5.41. The van der Waals surface area contributed by atoms with E-state index in [1.165, 1.54) is 12.3 Å². The number of pyridine rings is 2. The summed E-state index contributed by atoms with van der Waals surface area (Å²) >= 11 is 0. The molecule has 5 rings (SSSR count). The second-order valence-corrected chi connectivity index (χ2v) is 8.83. The van der Waals surface area contributed by atoms with Crippen LogP contribution >= 0.6 is 0 Å². The van der Waals surface area contributed by atoms with E-state index in [-0.39, 0.29) is 29.7 Å². The van der Waals surface area contributed by atoms with Gasteiger partial charge >= 0.3 is 11.4 Å². The van der Waals surface area contributed by atoms with Gasteiger partial charge in [0.2, 0.25) is 5.95 Å².